The number of thioether (sulfide) groups is 1. The summed E-state index contributed by atoms with van der Waals surface area (Å²) in [6, 6.07) is 8.29. The predicted octanol–water partition coefficient (Wildman–Crippen LogP) is 2.58. The molecule has 0 aliphatic rings. The maximum Gasteiger partial charge on any atom is 0.230 e. The molecule has 0 fully saturated rings. The van der Waals surface area contributed by atoms with E-state index in [1.54, 1.807) is 11.8 Å². The number of carbonyl (C=O) groups is 1. The third kappa shape index (κ3) is 6.64. The molecular weight excluding hydrogens is 256 g/mol. The van der Waals surface area contributed by atoms with Crippen molar-refractivity contribution in [3.63, 3.8) is 0 Å². The van der Waals surface area contributed by atoms with Gasteiger partial charge in [-0.2, -0.15) is 0 Å². The molecule has 3 nitrogen and oxygen atoms in total. The van der Waals surface area contributed by atoms with Gasteiger partial charge in [0, 0.05) is 17.5 Å². The van der Waals surface area contributed by atoms with Crippen LogP contribution in [0.4, 0.5) is 0 Å². The van der Waals surface area contributed by atoms with Gasteiger partial charge >= 0.3 is 0 Å². The highest BCUT2D eigenvalue weighted by Crippen LogP contribution is 2.17. The summed E-state index contributed by atoms with van der Waals surface area (Å²) in [5.74, 6) is 1.04. The highest BCUT2D eigenvalue weighted by Gasteiger charge is 2.12. The highest BCUT2D eigenvalue weighted by molar-refractivity contribution is 8.00. The van der Waals surface area contributed by atoms with Crippen LogP contribution in [-0.2, 0) is 4.79 Å². The second-order valence-corrected chi connectivity index (χ2v) is 6.28. The summed E-state index contributed by atoms with van der Waals surface area (Å²) in [7, 11) is 0. The number of nitrogens with two attached hydrogens (primary N) is 1. The van der Waals surface area contributed by atoms with E-state index in [-0.39, 0.29) is 11.9 Å². The van der Waals surface area contributed by atoms with E-state index < -0.39 is 0 Å². The van der Waals surface area contributed by atoms with E-state index in [9.17, 15) is 4.79 Å². The summed E-state index contributed by atoms with van der Waals surface area (Å²) in [5.41, 5.74) is 6.90. The van der Waals surface area contributed by atoms with E-state index in [4.69, 9.17) is 5.73 Å². The van der Waals surface area contributed by atoms with Gasteiger partial charge in [-0.05, 0) is 31.4 Å². The molecular formula is C15H24N2OS. The van der Waals surface area contributed by atoms with Crippen LogP contribution in [-0.4, -0.2) is 24.2 Å². The van der Waals surface area contributed by atoms with Gasteiger partial charge in [0.25, 0.3) is 0 Å². The summed E-state index contributed by atoms with van der Waals surface area (Å²) in [6.45, 7) is 6.82. The average Bonchev–Trinajstić information content (AvgIpc) is 2.36. The number of amides is 1. The van der Waals surface area contributed by atoms with E-state index in [0.29, 0.717) is 18.2 Å². The lowest BCUT2D eigenvalue weighted by molar-refractivity contribution is -0.119. The highest BCUT2D eigenvalue weighted by atomic mass is 32.2. The molecule has 0 radical (unpaired) electrons. The van der Waals surface area contributed by atoms with Gasteiger partial charge in [-0.1, -0.05) is 31.5 Å². The molecule has 1 atom stereocenters. The number of nitrogens with one attached hydrogen (secondary N) is 1. The van der Waals surface area contributed by atoms with E-state index in [1.807, 2.05) is 12.1 Å². The van der Waals surface area contributed by atoms with Crippen LogP contribution < -0.4 is 11.1 Å². The molecule has 0 bridgehead atoms. The van der Waals surface area contributed by atoms with Crippen LogP contribution >= 0.6 is 11.8 Å². The Balaban J connectivity index is 2.36. The monoisotopic (exact) mass is 280 g/mol. The summed E-state index contributed by atoms with van der Waals surface area (Å²) in [6.07, 6.45) is 0.928. The minimum Gasteiger partial charge on any atom is -0.351 e. The Hall–Kier alpha value is -1.00. The zero-order valence-electron chi connectivity index (χ0n) is 12.0. The SMILES string of the molecule is Cc1ccc(SCC(=O)NC(CN)CC(C)C)cc1. The fraction of sp³-hybridized carbons (Fsp3) is 0.533. The van der Waals surface area contributed by atoms with E-state index in [2.05, 4.69) is 38.2 Å². The first-order chi connectivity index (χ1) is 9.01. The van der Waals surface area contributed by atoms with Gasteiger partial charge in [0.15, 0.2) is 0 Å². The largest absolute Gasteiger partial charge is 0.351 e. The fourth-order valence-corrected chi connectivity index (χ4v) is 2.55. The van der Waals surface area contributed by atoms with Gasteiger partial charge in [-0.3, -0.25) is 4.79 Å². The minimum atomic E-state index is 0.0571. The average molecular weight is 280 g/mol. The third-order valence-electron chi connectivity index (χ3n) is 2.80. The first kappa shape index (κ1) is 16.1. The molecule has 0 aromatic heterocycles. The van der Waals surface area contributed by atoms with Gasteiger partial charge < -0.3 is 11.1 Å². The second kappa shape index (κ2) is 8.23. The molecule has 1 aromatic carbocycles. The van der Waals surface area contributed by atoms with Crippen LogP contribution in [0.25, 0.3) is 0 Å². The quantitative estimate of drug-likeness (QED) is 0.755. The Kier molecular flexibility index (Phi) is 6.95. The zero-order valence-corrected chi connectivity index (χ0v) is 12.8. The summed E-state index contributed by atoms with van der Waals surface area (Å²) >= 11 is 1.56. The summed E-state index contributed by atoms with van der Waals surface area (Å²) in [5, 5.41) is 2.99. The van der Waals surface area contributed by atoms with Crippen LogP contribution in [0.5, 0.6) is 0 Å². The van der Waals surface area contributed by atoms with Crippen molar-refractivity contribution < 1.29 is 4.79 Å². The van der Waals surface area contributed by atoms with Gasteiger partial charge in [0.1, 0.15) is 0 Å². The van der Waals surface area contributed by atoms with Crippen LogP contribution in [0.3, 0.4) is 0 Å². The van der Waals surface area contributed by atoms with Crippen molar-refractivity contribution in [3.05, 3.63) is 29.8 Å². The molecule has 0 aliphatic heterocycles. The zero-order chi connectivity index (χ0) is 14.3. The van der Waals surface area contributed by atoms with Crippen molar-refractivity contribution in [2.24, 2.45) is 11.7 Å². The second-order valence-electron chi connectivity index (χ2n) is 5.23. The predicted molar refractivity (Wildman–Crippen MR) is 82.3 cm³/mol. The van der Waals surface area contributed by atoms with Crippen molar-refractivity contribution in [2.75, 3.05) is 12.3 Å². The molecule has 0 saturated heterocycles. The number of hydrogen-bond donors (Lipinski definition) is 2. The number of benzene rings is 1. The number of hydrogen-bond acceptors (Lipinski definition) is 3. The first-order valence-electron chi connectivity index (χ1n) is 6.70. The lowest BCUT2D eigenvalue weighted by atomic mass is 10.0. The van der Waals surface area contributed by atoms with Gasteiger partial charge in [-0.15, -0.1) is 11.8 Å². The number of aryl methyl sites for hydroxylation is 1. The molecule has 106 valence electrons. The Morgan fingerprint density at radius 2 is 1.95 bits per heavy atom. The Morgan fingerprint density at radius 3 is 2.47 bits per heavy atom. The summed E-state index contributed by atoms with van der Waals surface area (Å²) < 4.78 is 0. The molecule has 1 aromatic rings. The maximum atomic E-state index is 11.8. The molecule has 4 heteroatoms. The molecule has 19 heavy (non-hydrogen) atoms. The van der Waals surface area contributed by atoms with Gasteiger partial charge in [0.05, 0.1) is 5.75 Å². The van der Waals surface area contributed by atoms with E-state index in [0.717, 1.165) is 11.3 Å². The normalized spacial score (nSPS) is 12.5. The molecule has 1 amide bonds. The van der Waals surface area contributed by atoms with Gasteiger partial charge in [0.2, 0.25) is 5.91 Å². The molecule has 0 spiro atoms. The maximum absolute atomic E-state index is 11.8. The Morgan fingerprint density at radius 1 is 1.32 bits per heavy atom. The van der Waals surface area contributed by atoms with Crippen LogP contribution in [0, 0.1) is 12.8 Å². The topological polar surface area (TPSA) is 55.1 Å². The standard InChI is InChI=1S/C15H24N2OS/c1-11(2)8-13(9-16)17-15(18)10-19-14-6-4-12(3)5-7-14/h4-7,11,13H,8-10,16H2,1-3H3,(H,17,18). The van der Waals surface area contributed by atoms with Crippen molar-refractivity contribution in [2.45, 2.75) is 38.1 Å². The fourth-order valence-electron chi connectivity index (χ4n) is 1.84. The van der Waals surface area contributed by atoms with Crippen molar-refractivity contribution >= 4 is 17.7 Å². The lowest BCUT2D eigenvalue weighted by Gasteiger charge is -2.18. The van der Waals surface area contributed by atoms with Crippen LogP contribution in [0.2, 0.25) is 0 Å². The number of carbonyl (C=O) groups excluding carboxylic acids is 1. The molecule has 0 heterocycles. The minimum absolute atomic E-state index is 0.0571. The molecule has 0 saturated carbocycles. The lowest BCUT2D eigenvalue weighted by Crippen LogP contribution is -2.41. The summed E-state index contributed by atoms with van der Waals surface area (Å²) in [4.78, 5) is 13.0. The van der Waals surface area contributed by atoms with Crippen molar-refractivity contribution in [3.8, 4) is 0 Å². The molecule has 1 rings (SSSR count). The molecule has 0 aliphatic carbocycles. The van der Waals surface area contributed by atoms with Gasteiger partial charge in [-0.25, -0.2) is 0 Å². The van der Waals surface area contributed by atoms with Crippen LogP contribution in [0.1, 0.15) is 25.8 Å². The third-order valence-corrected chi connectivity index (χ3v) is 3.81. The Labute approximate surface area is 120 Å². The van der Waals surface area contributed by atoms with Crippen LogP contribution in [0.15, 0.2) is 29.2 Å². The van der Waals surface area contributed by atoms with Crippen molar-refractivity contribution in [1.82, 2.24) is 5.32 Å². The van der Waals surface area contributed by atoms with E-state index in [1.165, 1.54) is 5.56 Å². The Bertz CT molecular complexity index is 390. The van der Waals surface area contributed by atoms with E-state index >= 15 is 0 Å². The molecule has 1 unspecified atom stereocenters. The molecule has 3 N–H and O–H groups in total. The van der Waals surface area contributed by atoms with Crippen molar-refractivity contribution in [1.29, 1.82) is 0 Å². The number of rotatable bonds is 7. The smallest absolute Gasteiger partial charge is 0.230 e. The first-order valence-corrected chi connectivity index (χ1v) is 7.68.